The predicted molar refractivity (Wildman–Crippen MR) is 78.3 cm³/mol. The van der Waals surface area contributed by atoms with Crippen molar-refractivity contribution in [3.8, 4) is 0 Å². The number of aromatic nitrogens is 2. The molecule has 8 heteroatoms. The molecule has 2 saturated heterocycles. The first-order valence-corrected chi connectivity index (χ1v) is 8.34. The molecule has 0 aromatic carbocycles. The Labute approximate surface area is 125 Å². The fourth-order valence-corrected chi connectivity index (χ4v) is 4.52. The van der Waals surface area contributed by atoms with Crippen molar-refractivity contribution in [3.05, 3.63) is 12.5 Å². The summed E-state index contributed by atoms with van der Waals surface area (Å²) in [6.45, 7) is 2.34. The zero-order valence-corrected chi connectivity index (χ0v) is 12.9. The van der Waals surface area contributed by atoms with Crippen LogP contribution in [0.3, 0.4) is 0 Å². The first-order chi connectivity index (χ1) is 9.18. The van der Waals surface area contributed by atoms with Crippen LogP contribution >= 0.6 is 12.4 Å². The fourth-order valence-electron chi connectivity index (χ4n) is 3.16. The van der Waals surface area contributed by atoms with Gasteiger partial charge in [0, 0.05) is 19.1 Å². The minimum absolute atomic E-state index is 0. The molecule has 0 bridgehead atoms. The zero-order valence-electron chi connectivity index (χ0n) is 11.3. The van der Waals surface area contributed by atoms with Crippen molar-refractivity contribution in [1.29, 1.82) is 0 Å². The van der Waals surface area contributed by atoms with Crippen LogP contribution in [-0.2, 0) is 10.0 Å². The number of hydrogen-bond donors (Lipinski definition) is 2. The molecule has 1 aromatic rings. The largest absolute Gasteiger partial charge is 0.335 e. The monoisotopic (exact) mass is 320 g/mol. The minimum atomic E-state index is -3.37. The average Bonchev–Trinajstić information content (AvgIpc) is 3.12. The van der Waals surface area contributed by atoms with Crippen molar-refractivity contribution < 1.29 is 8.42 Å². The Balaban J connectivity index is 0.00000147. The van der Waals surface area contributed by atoms with Crippen LogP contribution in [0.1, 0.15) is 25.7 Å². The van der Waals surface area contributed by atoms with Crippen LogP contribution in [0.15, 0.2) is 17.6 Å². The minimum Gasteiger partial charge on any atom is -0.335 e. The number of sulfonamides is 1. The maximum atomic E-state index is 12.3. The lowest BCUT2D eigenvalue weighted by Crippen LogP contribution is -2.43. The molecular weight excluding hydrogens is 300 g/mol. The highest BCUT2D eigenvalue weighted by Gasteiger charge is 2.33. The Morgan fingerprint density at radius 1 is 1.25 bits per heavy atom. The molecule has 3 rings (SSSR count). The van der Waals surface area contributed by atoms with Gasteiger partial charge < -0.3 is 10.3 Å². The molecule has 1 atom stereocenters. The van der Waals surface area contributed by atoms with Crippen LogP contribution in [0, 0.1) is 5.92 Å². The van der Waals surface area contributed by atoms with Crippen LogP contribution in [0.25, 0.3) is 0 Å². The zero-order chi connectivity index (χ0) is 13.3. The predicted octanol–water partition coefficient (Wildman–Crippen LogP) is 0.984. The maximum absolute atomic E-state index is 12.3. The Morgan fingerprint density at radius 2 is 2.00 bits per heavy atom. The summed E-state index contributed by atoms with van der Waals surface area (Å²) < 4.78 is 26.2. The number of aromatic amines is 1. The summed E-state index contributed by atoms with van der Waals surface area (Å²) >= 11 is 0. The van der Waals surface area contributed by atoms with Crippen LogP contribution in [0.2, 0.25) is 0 Å². The van der Waals surface area contributed by atoms with Gasteiger partial charge in [-0.25, -0.2) is 13.4 Å². The molecule has 114 valence electrons. The van der Waals surface area contributed by atoms with E-state index in [9.17, 15) is 8.42 Å². The van der Waals surface area contributed by atoms with E-state index in [1.807, 2.05) is 0 Å². The first-order valence-electron chi connectivity index (χ1n) is 6.90. The number of imidazole rings is 1. The van der Waals surface area contributed by atoms with Crippen molar-refractivity contribution in [3.63, 3.8) is 0 Å². The van der Waals surface area contributed by atoms with E-state index in [4.69, 9.17) is 0 Å². The van der Waals surface area contributed by atoms with Gasteiger partial charge in [0.05, 0.1) is 12.5 Å². The van der Waals surface area contributed by atoms with Gasteiger partial charge in [-0.15, -0.1) is 12.4 Å². The van der Waals surface area contributed by atoms with Crippen LogP contribution in [0.5, 0.6) is 0 Å². The molecule has 0 amide bonds. The number of piperidine rings is 1. The molecule has 1 unspecified atom stereocenters. The van der Waals surface area contributed by atoms with Gasteiger partial charge >= 0.3 is 0 Å². The van der Waals surface area contributed by atoms with E-state index in [1.54, 1.807) is 4.31 Å². The molecule has 2 aliphatic heterocycles. The van der Waals surface area contributed by atoms with Crippen molar-refractivity contribution in [2.75, 3.05) is 19.6 Å². The highest BCUT2D eigenvalue weighted by Crippen LogP contribution is 2.28. The van der Waals surface area contributed by atoms with Crippen LogP contribution < -0.4 is 5.32 Å². The van der Waals surface area contributed by atoms with E-state index in [-0.39, 0.29) is 17.4 Å². The van der Waals surface area contributed by atoms with Crippen LogP contribution in [0.4, 0.5) is 0 Å². The molecule has 0 aliphatic carbocycles. The average molecular weight is 321 g/mol. The number of nitrogens with one attached hydrogen (secondary N) is 2. The van der Waals surface area contributed by atoms with Crippen molar-refractivity contribution in [2.45, 2.75) is 36.8 Å². The SMILES string of the molecule is Cl.O=S(=O)(c1cnc[nH]1)N1CCC(C2CCCN2)CC1. The van der Waals surface area contributed by atoms with E-state index in [0.29, 0.717) is 25.0 Å². The van der Waals surface area contributed by atoms with Gasteiger partial charge in [-0.1, -0.05) is 0 Å². The Bertz CT molecular complexity index is 506. The van der Waals surface area contributed by atoms with Gasteiger partial charge in [0.15, 0.2) is 5.03 Å². The maximum Gasteiger partial charge on any atom is 0.260 e. The molecule has 2 fully saturated rings. The fraction of sp³-hybridized carbons (Fsp3) is 0.750. The molecular formula is C12H21ClN4O2S. The van der Waals surface area contributed by atoms with E-state index < -0.39 is 10.0 Å². The first kappa shape index (κ1) is 15.8. The molecule has 1 aromatic heterocycles. The molecule has 0 radical (unpaired) electrons. The van der Waals surface area contributed by atoms with Gasteiger partial charge in [-0.05, 0) is 38.1 Å². The summed E-state index contributed by atoms with van der Waals surface area (Å²) in [5.41, 5.74) is 0. The standard InChI is InChI=1S/C12H20N4O2S.ClH/c17-19(18,12-8-13-9-15-12)16-6-3-10(4-7-16)11-2-1-5-14-11;/h8-11,14H,1-7H2,(H,13,15);1H. The molecule has 20 heavy (non-hydrogen) atoms. The summed E-state index contributed by atoms with van der Waals surface area (Å²) in [7, 11) is -3.37. The third-order valence-electron chi connectivity index (χ3n) is 4.26. The summed E-state index contributed by atoms with van der Waals surface area (Å²) in [5.74, 6) is 0.621. The highest BCUT2D eigenvalue weighted by molar-refractivity contribution is 7.89. The van der Waals surface area contributed by atoms with Crippen molar-refractivity contribution in [1.82, 2.24) is 19.6 Å². The molecule has 0 spiro atoms. The van der Waals surface area contributed by atoms with Gasteiger partial charge in [-0.2, -0.15) is 4.31 Å². The Morgan fingerprint density at radius 3 is 2.55 bits per heavy atom. The topological polar surface area (TPSA) is 78.1 Å². The third-order valence-corrected chi connectivity index (χ3v) is 6.08. The number of nitrogens with zero attached hydrogens (tertiary/aromatic N) is 2. The summed E-state index contributed by atoms with van der Waals surface area (Å²) in [5, 5.41) is 3.72. The van der Waals surface area contributed by atoms with Gasteiger partial charge in [0.1, 0.15) is 0 Å². The van der Waals surface area contributed by atoms with E-state index in [1.165, 1.54) is 25.4 Å². The summed E-state index contributed by atoms with van der Waals surface area (Å²) in [6, 6.07) is 0.594. The lowest BCUT2D eigenvalue weighted by Gasteiger charge is -2.33. The van der Waals surface area contributed by atoms with Gasteiger partial charge in [-0.3, -0.25) is 0 Å². The normalized spacial score (nSPS) is 25.5. The second-order valence-corrected chi connectivity index (χ2v) is 7.27. The highest BCUT2D eigenvalue weighted by atomic mass is 35.5. The number of hydrogen-bond acceptors (Lipinski definition) is 4. The quantitative estimate of drug-likeness (QED) is 0.870. The van der Waals surface area contributed by atoms with E-state index in [2.05, 4.69) is 15.3 Å². The lowest BCUT2D eigenvalue weighted by molar-refractivity contribution is 0.233. The summed E-state index contributed by atoms with van der Waals surface area (Å²) in [4.78, 5) is 6.48. The van der Waals surface area contributed by atoms with Crippen molar-refractivity contribution in [2.24, 2.45) is 5.92 Å². The Kier molecular flexibility index (Phi) is 5.06. The molecule has 2 aliphatic rings. The Hall–Kier alpha value is -0.630. The molecule has 2 N–H and O–H groups in total. The van der Waals surface area contributed by atoms with E-state index in [0.717, 1.165) is 19.4 Å². The third kappa shape index (κ3) is 3.00. The number of halogens is 1. The smallest absolute Gasteiger partial charge is 0.260 e. The molecule has 3 heterocycles. The van der Waals surface area contributed by atoms with Crippen molar-refractivity contribution >= 4 is 22.4 Å². The molecule has 0 saturated carbocycles. The lowest BCUT2D eigenvalue weighted by atomic mass is 9.89. The second-order valence-electron chi connectivity index (χ2n) is 5.36. The van der Waals surface area contributed by atoms with E-state index >= 15 is 0 Å². The number of rotatable bonds is 3. The second kappa shape index (κ2) is 6.43. The van der Waals surface area contributed by atoms with Gasteiger partial charge in [0.2, 0.25) is 0 Å². The van der Waals surface area contributed by atoms with Crippen LogP contribution in [-0.4, -0.2) is 48.4 Å². The summed E-state index contributed by atoms with van der Waals surface area (Å²) in [6.07, 6.45) is 7.16. The molecule has 6 nitrogen and oxygen atoms in total. The number of H-pyrrole nitrogens is 1. The van der Waals surface area contributed by atoms with Gasteiger partial charge in [0.25, 0.3) is 10.0 Å².